The van der Waals surface area contributed by atoms with Gasteiger partial charge in [0.25, 0.3) is 0 Å². The summed E-state index contributed by atoms with van der Waals surface area (Å²) in [6.07, 6.45) is 0. The number of carbonyl (C=O) groups is 1. The van der Waals surface area contributed by atoms with E-state index in [0.717, 1.165) is 5.56 Å². The fourth-order valence-electron chi connectivity index (χ4n) is 1.77. The third-order valence-electron chi connectivity index (χ3n) is 2.95. The summed E-state index contributed by atoms with van der Waals surface area (Å²) >= 11 is 0. The van der Waals surface area contributed by atoms with Crippen LogP contribution < -0.4 is 10.6 Å². The van der Waals surface area contributed by atoms with Crippen LogP contribution in [0, 0.1) is 17.7 Å². The summed E-state index contributed by atoms with van der Waals surface area (Å²) in [5.74, 6) is 0.00473. The van der Waals surface area contributed by atoms with Crippen LogP contribution in [0.1, 0.15) is 19.4 Å². The Balaban J connectivity index is 2.51. The van der Waals surface area contributed by atoms with Crippen LogP contribution in [0.2, 0.25) is 0 Å². The maximum absolute atomic E-state index is 12.7. The highest BCUT2D eigenvalue weighted by Gasteiger charge is 2.20. The second-order valence-corrected chi connectivity index (χ2v) is 4.75. The summed E-state index contributed by atoms with van der Waals surface area (Å²) < 4.78 is 12.7. The first-order chi connectivity index (χ1) is 8.54. The minimum atomic E-state index is -0.264. The van der Waals surface area contributed by atoms with Gasteiger partial charge in [-0.1, -0.05) is 26.0 Å². The maximum Gasteiger partial charge on any atom is 0.224 e. The van der Waals surface area contributed by atoms with E-state index in [-0.39, 0.29) is 23.6 Å². The average Bonchev–Trinajstić information content (AvgIpc) is 2.34. The number of amides is 1. The van der Waals surface area contributed by atoms with Gasteiger partial charge in [-0.2, -0.15) is 0 Å². The third kappa shape index (κ3) is 4.45. The number of halogens is 1. The lowest BCUT2D eigenvalue weighted by Crippen LogP contribution is -2.38. The molecule has 4 heteroatoms. The van der Waals surface area contributed by atoms with E-state index in [1.165, 1.54) is 12.1 Å². The van der Waals surface area contributed by atoms with Gasteiger partial charge in [0.05, 0.1) is 5.92 Å². The van der Waals surface area contributed by atoms with Crippen LogP contribution in [0.4, 0.5) is 4.39 Å². The first-order valence-corrected chi connectivity index (χ1v) is 6.21. The number of carbonyl (C=O) groups excluding carboxylic acids is 1. The number of hydrogen-bond acceptors (Lipinski definition) is 2. The molecule has 0 aromatic heterocycles. The van der Waals surface area contributed by atoms with E-state index in [1.54, 1.807) is 12.1 Å². The number of rotatable bonds is 6. The molecule has 0 aliphatic rings. The Kier molecular flexibility index (Phi) is 5.78. The predicted molar refractivity (Wildman–Crippen MR) is 70.5 cm³/mol. The molecule has 1 amide bonds. The molecule has 2 N–H and O–H groups in total. The van der Waals surface area contributed by atoms with E-state index in [2.05, 4.69) is 10.6 Å². The monoisotopic (exact) mass is 252 g/mol. The zero-order valence-electron chi connectivity index (χ0n) is 11.2. The number of hydrogen-bond donors (Lipinski definition) is 2. The van der Waals surface area contributed by atoms with Gasteiger partial charge in [-0.15, -0.1) is 0 Å². The van der Waals surface area contributed by atoms with Crippen LogP contribution in [0.25, 0.3) is 0 Å². The van der Waals surface area contributed by atoms with Gasteiger partial charge in [0.2, 0.25) is 5.91 Å². The molecular formula is C14H21FN2O. The van der Waals surface area contributed by atoms with Crippen molar-refractivity contribution in [1.29, 1.82) is 0 Å². The molecule has 0 fully saturated rings. The topological polar surface area (TPSA) is 41.1 Å². The number of benzene rings is 1. The molecule has 1 aromatic rings. The van der Waals surface area contributed by atoms with E-state index in [4.69, 9.17) is 0 Å². The second-order valence-electron chi connectivity index (χ2n) is 4.75. The van der Waals surface area contributed by atoms with Crippen molar-refractivity contribution >= 4 is 5.91 Å². The molecule has 1 rings (SSSR count). The molecule has 0 spiro atoms. The summed E-state index contributed by atoms with van der Waals surface area (Å²) in [5, 5.41) is 5.91. The van der Waals surface area contributed by atoms with Crippen LogP contribution >= 0.6 is 0 Å². The fourth-order valence-corrected chi connectivity index (χ4v) is 1.77. The van der Waals surface area contributed by atoms with E-state index >= 15 is 0 Å². The van der Waals surface area contributed by atoms with Crippen molar-refractivity contribution in [2.75, 3.05) is 13.6 Å². The van der Waals surface area contributed by atoms with Gasteiger partial charge < -0.3 is 10.6 Å². The lowest BCUT2D eigenvalue weighted by atomic mass is 9.95. The largest absolute Gasteiger partial charge is 0.352 e. The Morgan fingerprint density at radius 2 is 1.89 bits per heavy atom. The summed E-state index contributed by atoms with van der Waals surface area (Å²) in [5.41, 5.74) is 0.900. The van der Waals surface area contributed by atoms with Gasteiger partial charge in [0.15, 0.2) is 0 Å². The van der Waals surface area contributed by atoms with Gasteiger partial charge in [0.1, 0.15) is 5.82 Å². The van der Waals surface area contributed by atoms with Crippen LogP contribution in [0.3, 0.4) is 0 Å². The zero-order valence-corrected chi connectivity index (χ0v) is 11.2. The van der Waals surface area contributed by atoms with Crippen molar-refractivity contribution in [2.24, 2.45) is 11.8 Å². The Labute approximate surface area is 108 Å². The predicted octanol–water partition coefficient (Wildman–Crippen LogP) is 1.93. The van der Waals surface area contributed by atoms with Crippen molar-refractivity contribution in [1.82, 2.24) is 10.6 Å². The van der Waals surface area contributed by atoms with Crippen LogP contribution in [0.5, 0.6) is 0 Å². The molecule has 0 bridgehead atoms. The standard InChI is InChI=1S/C14H21FN2O/c1-10(2)13(9-16-3)14(18)17-8-11-4-6-12(15)7-5-11/h4-7,10,13,16H,8-9H2,1-3H3,(H,17,18). The minimum absolute atomic E-state index is 0.0312. The van der Waals surface area contributed by atoms with Crippen molar-refractivity contribution in [2.45, 2.75) is 20.4 Å². The third-order valence-corrected chi connectivity index (χ3v) is 2.95. The van der Waals surface area contributed by atoms with Crippen LogP contribution in [-0.2, 0) is 11.3 Å². The molecule has 1 aromatic carbocycles. The summed E-state index contributed by atoms with van der Waals surface area (Å²) in [4.78, 5) is 12.0. The molecular weight excluding hydrogens is 231 g/mol. The SMILES string of the molecule is CNCC(C(=O)NCc1ccc(F)cc1)C(C)C. The molecule has 18 heavy (non-hydrogen) atoms. The van der Waals surface area contributed by atoms with Gasteiger partial charge in [-0.3, -0.25) is 4.79 Å². The molecule has 3 nitrogen and oxygen atoms in total. The summed E-state index contributed by atoms with van der Waals surface area (Å²) in [6, 6.07) is 6.15. The first-order valence-electron chi connectivity index (χ1n) is 6.21. The van der Waals surface area contributed by atoms with E-state index in [9.17, 15) is 9.18 Å². The summed E-state index contributed by atoms with van der Waals surface area (Å²) in [7, 11) is 1.84. The minimum Gasteiger partial charge on any atom is -0.352 e. The van der Waals surface area contributed by atoms with Crippen molar-refractivity contribution in [3.63, 3.8) is 0 Å². The Hall–Kier alpha value is -1.42. The highest BCUT2D eigenvalue weighted by molar-refractivity contribution is 5.79. The van der Waals surface area contributed by atoms with E-state index in [0.29, 0.717) is 13.1 Å². The molecule has 0 radical (unpaired) electrons. The Bertz CT molecular complexity index is 376. The van der Waals surface area contributed by atoms with Crippen LogP contribution in [0.15, 0.2) is 24.3 Å². The molecule has 0 saturated heterocycles. The van der Waals surface area contributed by atoms with Crippen molar-refractivity contribution < 1.29 is 9.18 Å². The molecule has 0 saturated carbocycles. The zero-order chi connectivity index (χ0) is 13.5. The fraction of sp³-hybridized carbons (Fsp3) is 0.500. The van der Waals surface area contributed by atoms with Gasteiger partial charge >= 0.3 is 0 Å². The average molecular weight is 252 g/mol. The molecule has 0 aliphatic carbocycles. The normalized spacial score (nSPS) is 12.5. The van der Waals surface area contributed by atoms with Crippen LogP contribution in [-0.4, -0.2) is 19.5 Å². The lowest BCUT2D eigenvalue weighted by Gasteiger charge is -2.19. The molecule has 1 unspecified atom stereocenters. The second kappa shape index (κ2) is 7.11. The van der Waals surface area contributed by atoms with Gasteiger partial charge in [0, 0.05) is 13.1 Å². The van der Waals surface area contributed by atoms with E-state index in [1.807, 2.05) is 20.9 Å². The first kappa shape index (κ1) is 14.6. The van der Waals surface area contributed by atoms with E-state index < -0.39 is 0 Å². The molecule has 1 atom stereocenters. The summed E-state index contributed by atoms with van der Waals surface area (Å²) in [6.45, 7) is 5.15. The molecule has 100 valence electrons. The quantitative estimate of drug-likeness (QED) is 0.812. The Morgan fingerprint density at radius 1 is 1.28 bits per heavy atom. The van der Waals surface area contributed by atoms with Gasteiger partial charge in [-0.25, -0.2) is 4.39 Å². The van der Waals surface area contributed by atoms with Crippen molar-refractivity contribution in [3.05, 3.63) is 35.6 Å². The lowest BCUT2D eigenvalue weighted by molar-refractivity contribution is -0.126. The number of nitrogens with one attached hydrogen (secondary N) is 2. The smallest absolute Gasteiger partial charge is 0.224 e. The maximum atomic E-state index is 12.7. The Morgan fingerprint density at radius 3 is 2.39 bits per heavy atom. The highest BCUT2D eigenvalue weighted by atomic mass is 19.1. The molecule has 0 aliphatic heterocycles. The highest BCUT2D eigenvalue weighted by Crippen LogP contribution is 2.10. The van der Waals surface area contributed by atoms with Crippen molar-refractivity contribution in [3.8, 4) is 0 Å². The molecule has 0 heterocycles. The van der Waals surface area contributed by atoms with Gasteiger partial charge in [-0.05, 0) is 30.7 Å².